The van der Waals surface area contributed by atoms with Crippen molar-refractivity contribution in [2.45, 2.75) is 38.8 Å². The zero-order chi connectivity index (χ0) is 22.5. The number of nitrogens with zero attached hydrogens (tertiary/aromatic N) is 6. The minimum Gasteiger partial charge on any atom is -0.424 e. The molecule has 2 aliphatic heterocycles. The number of amides is 1. The SMILES string of the molecule is Cc1ccc(-n2nccn2)c(C(=O)N2C3CC(C3)[C@@H](C)[C@H]2CNc2nc3ccccc3o2)n1. The van der Waals surface area contributed by atoms with Crippen molar-refractivity contribution in [2.75, 3.05) is 11.9 Å². The summed E-state index contributed by atoms with van der Waals surface area (Å²) in [6.45, 7) is 4.69. The molecule has 2 atom stereocenters. The maximum absolute atomic E-state index is 13.9. The molecule has 5 heterocycles. The van der Waals surface area contributed by atoms with E-state index in [1.165, 1.54) is 4.80 Å². The molecule has 7 rings (SSSR count). The molecule has 168 valence electrons. The van der Waals surface area contributed by atoms with E-state index in [0.717, 1.165) is 29.6 Å². The van der Waals surface area contributed by atoms with E-state index in [1.54, 1.807) is 12.4 Å². The maximum atomic E-state index is 13.9. The quantitative estimate of drug-likeness (QED) is 0.504. The van der Waals surface area contributed by atoms with Gasteiger partial charge in [-0.1, -0.05) is 19.1 Å². The molecule has 3 fully saturated rings. The number of oxazole rings is 1. The number of piperidine rings is 2. The number of nitrogens with one attached hydrogen (secondary N) is 1. The van der Waals surface area contributed by atoms with Crippen LogP contribution in [0.5, 0.6) is 0 Å². The molecule has 9 heteroatoms. The van der Waals surface area contributed by atoms with Crippen molar-refractivity contribution in [3.8, 4) is 5.69 Å². The summed E-state index contributed by atoms with van der Waals surface area (Å²) < 4.78 is 5.84. The number of aromatic nitrogens is 5. The summed E-state index contributed by atoms with van der Waals surface area (Å²) in [5, 5.41) is 11.8. The van der Waals surface area contributed by atoms with Gasteiger partial charge in [0.1, 0.15) is 11.2 Å². The average molecular weight is 444 g/mol. The van der Waals surface area contributed by atoms with E-state index in [2.05, 4.69) is 32.4 Å². The third-order valence-corrected chi connectivity index (χ3v) is 7.09. The molecular formula is C24H25N7O2. The van der Waals surface area contributed by atoms with E-state index in [1.807, 2.05) is 48.2 Å². The largest absolute Gasteiger partial charge is 0.424 e. The van der Waals surface area contributed by atoms with Crippen LogP contribution in [0.2, 0.25) is 0 Å². The highest BCUT2D eigenvalue weighted by molar-refractivity contribution is 5.96. The lowest BCUT2D eigenvalue weighted by Crippen LogP contribution is -2.64. The van der Waals surface area contributed by atoms with Gasteiger partial charge in [0.25, 0.3) is 11.9 Å². The van der Waals surface area contributed by atoms with Crippen molar-refractivity contribution >= 4 is 23.0 Å². The first-order valence-corrected chi connectivity index (χ1v) is 11.3. The van der Waals surface area contributed by atoms with E-state index < -0.39 is 0 Å². The molecule has 0 spiro atoms. The smallest absolute Gasteiger partial charge is 0.295 e. The summed E-state index contributed by atoms with van der Waals surface area (Å²) >= 11 is 0. The van der Waals surface area contributed by atoms with E-state index in [4.69, 9.17) is 4.42 Å². The molecule has 3 aliphatic rings. The molecule has 1 saturated carbocycles. The number of hydrogen-bond donors (Lipinski definition) is 1. The number of pyridine rings is 1. The Labute approximate surface area is 190 Å². The van der Waals surface area contributed by atoms with Gasteiger partial charge in [0.2, 0.25) is 0 Å². The standard InChI is InChI=1S/C24H25N7O2/c1-14-7-8-19(31-26-9-10-27-31)22(28-14)23(32)30-17-11-16(12-17)15(2)20(30)13-25-24-29-18-5-3-4-6-21(18)33-24/h3-10,15-17,20H,11-13H2,1-2H3,(H,25,29)/t15-,16?,17?,20-/m1/s1. The van der Waals surface area contributed by atoms with Crippen molar-refractivity contribution in [3.05, 3.63) is 60.2 Å². The molecule has 1 aromatic carbocycles. The molecular weight excluding hydrogens is 418 g/mol. The Balaban J connectivity index is 1.31. The number of anilines is 1. The second-order valence-electron chi connectivity index (χ2n) is 9.03. The van der Waals surface area contributed by atoms with Crippen LogP contribution in [0, 0.1) is 18.8 Å². The number of fused-ring (bicyclic) bond motifs is 3. The summed E-state index contributed by atoms with van der Waals surface area (Å²) in [7, 11) is 0. The van der Waals surface area contributed by atoms with Gasteiger partial charge in [-0.2, -0.15) is 15.2 Å². The van der Waals surface area contributed by atoms with Crippen LogP contribution in [-0.2, 0) is 0 Å². The molecule has 0 radical (unpaired) electrons. The Morgan fingerprint density at radius 3 is 2.70 bits per heavy atom. The predicted molar refractivity (Wildman–Crippen MR) is 122 cm³/mol. The number of aryl methyl sites for hydroxylation is 1. The number of para-hydroxylation sites is 2. The highest BCUT2D eigenvalue weighted by atomic mass is 16.4. The Hall–Kier alpha value is -3.75. The molecule has 0 unspecified atom stereocenters. The van der Waals surface area contributed by atoms with Crippen molar-refractivity contribution in [1.29, 1.82) is 0 Å². The fourth-order valence-corrected chi connectivity index (χ4v) is 5.20. The second kappa shape index (κ2) is 7.68. The second-order valence-corrected chi connectivity index (χ2v) is 9.03. The van der Waals surface area contributed by atoms with Gasteiger partial charge < -0.3 is 14.6 Å². The number of carbonyl (C=O) groups is 1. The predicted octanol–water partition coefficient (Wildman–Crippen LogP) is 3.46. The first-order chi connectivity index (χ1) is 16.1. The summed E-state index contributed by atoms with van der Waals surface area (Å²) in [6, 6.07) is 12.1. The molecule has 2 saturated heterocycles. The summed E-state index contributed by atoms with van der Waals surface area (Å²) in [4.78, 5) is 26.6. The maximum Gasteiger partial charge on any atom is 0.295 e. The van der Waals surface area contributed by atoms with Crippen LogP contribution in [-0.4, -0.2) is 54.4 Å². The monoisotopic (exact) mass is 443 g/mol. The number of rotatable bonds is 5. The van der Waals surface area contributed by atoms with Crippen LogP contribution in [0.4, 0.5) is 6.01 Å². The van der Waals surface area contributed by atoms with E-state index >= 15 is 0 Å². The van der Waals surface area contributed by atoms with Crippen LogP contribution in [0.25, 0.3) is 16.8 Å². The number of hydrogen-bond acceptors (Lipinski definition) is 7. The molecule has 4 aromatic rings. The number of benzene rings is 1. The average Bonchev–Trinajstić information content (AvgIpc) is 3.46. The first-order valence-electron chi connectivity index (χ1n) is 11.3. The fraction of sp³-hybridized carbons (Fsp3) is 0.375. The Kier molecular flexibility index (Phi) is 4.63. The van der Waals surface area contributed by atoms with Crippen LogP contribution in [0.15, 0.2) is 53.2 Å². The Morgan fingerprint density at radius 2 is 1.91 bits per heavy atom. The topological polar surface area (TPSA) is 102 Å². The zero-order valence-electron chi connectivity index (χ0n) is 18.5. The van der Waals surface area contributed by atoms with Crippen LogP contribution < -0.4 is 5.32 Å². The third kappa shape index (κ3) is 3.35. The molecule has 1 aliphatic carbocycles. The van der Waals surface area contributed by atoms with Crippen LogP contribution in [0.3, 0.4) is 0 Å². The summed E-state index contributed by atoms with van der Waals surface area (Å²) in [6.07, 6.45) is 5.27. The van der Waals surface area contributed by atoms with Gasteiger partial charge in [-0.05, 0) is 55.9 Å². The molecule has 3 aromatic heterocycles. The lowest BCUT2D eigenvalue weighted by atomic mass is 9.64. The Morgan fingerprint density at radius 1 is 1.12 bits per heavy atom. The molecule has 1 amide bonds. The van der Waals surface area contributed by atoms with Crippen molar-refractivity contribution in [1.82, 2.24) is 29.9 Å². The first kappa shape index (κ1) is 19.9. The van der Waals surface area contributed by atoms with E-state index in [0.29, 0.717) is 35.8 Å². The van der Waals surface area contributed by atoms with E-state index in [9.17, 15) is 4.79 Å². The Bertz CT molecular complexity index is 1280. The van der Waals surface area contributed by atoms with E-state index in [-0.39, 0.29) is 18.0 Å². The zero-order valence-corrected chi connectivity index (χ0v) is 18.5. The molecule has 9 nitrogen and oxygen atoms in total. The van der Waals surface area contributed by atoms with Gasteiger partial charge in [0.05, 0.1) is 18.4 Å². The lowest BCUT2D eigenvalue weighted by molar-refractivity contribution is -0.0506. The fourth-order valence-electron chi connectivity index (χ4n) is 5.20. The minimum absolute atomic E-state index is 0.00533. The summed E-state index contributed by atoms with van der Waals surface area (Å²) in [5.74, 6) is 0.907. The van der Waals surface area contributed by atoms with Crippen molar-refractivity contribution < 1.29 is 9.21 Å². The van der Waals surface area contributed by atoms with Gasteiger partial charge >= 0.3 is 0 Å². The van der Waals surface area contributed by atoms with Gasteiger partial charge in [0, 0.05) is 18.3 Å². The lowest BCUT2D eigenvalue weighted by Gasteiger charge is -2.57. The van der Waals surface area contributed by atoms with Crippen molar-refractivity contribution in [2.24, 2.45) is 11.8 Å². The normalized spacial score (nSPS) is 24.0. The third-order valence-electron chi connectivity index (χ3n) is 7.09. The molecule has 33 heavy (non-hydrogen) atoms. The summed E-state index contributed by atoms with van der Waals surface area (Å²) in [5.41, 5.74) is 3.32. The highest BCUT2D eigenvalue weighted by Crippen LogP contribution is 2.47. The van der Waals surface area contributed by atoms with Gasteiger partial charge in [-0.3, -0.25) is 4.79 Å². The van der Waals surface area contributed by atoms with Gasteiger partial charge in [-0.15, -0.1) is 4.80 Å². The van der Waals surface area contributed by atoms with Gasteiger partial charge in [0.15, 0.2) is 11.3 Å². The molecule has 2 bridgehead atoms. The number of carbonyl (C=O) groups excluding carboxylic acids is 1. The van der Waals surface area contributed by atoms with Gasteiger partial charge in [-0.25, -0.2) is 4.98 Å². The minimum atomic E-state index is -0.0784. The molecule has 1 N–H and O–H groups in total. The highest BCUT2D eigenvalue weighted by Gasteiger charge is 2.51. The van der Waals surface area contributed by atoms with Crippen LogP contribution >= 0.6 is 0 Å². The van der Waals surface area contributed by atoms with Crippen LogP contribution in [0.1, 0.15) is 35.9 Å². The van der Waals surface area contributed by atoms with Crippen molar-refractivity contribution in [3.63, 3.8) is 0 Å².